The molecule has 0 saturated carbocycles. The summed E-state index contributed by atoms with van der Waals surface area (Å²) >= 11 is 0. The summed E-state index contributed by atoms with van der Waals surface area (Å²) in [5.41, 5.74) is 0.516. The van der Waals surface area contributed by atoms with Crippen molar-refractivity contribution in [3.05, 3.63) is 11.9 Å². The summed E-state index contributed by atoms with van der Waals surface area (Å²) in [6.45, 7) is 0.595. The maximum Gasteiger partial charge on any atom is 0.325 e. The van der Waals surface area contributed by atoms with Crippen LogP contribution in [0.3, 0.4) is 0 Å². The molecule has 1 amide bonds. The highest BCUT2D eigenvalue weighted by Crippen LogP contribution is 2.11. The van der Waals surface area contributed by atoms with Gasteiger partial charge < -0.3 is 15.2 Å². The van der Waals surface area contributed by atoms with Gasteiger partial charge in [0.25, 0.3) is 0 Å². The zero-order chi connectivity index (χ0) is 13.0. The number of ether oxygens (including phenoxy) is 1. The lowest BCUT2D eigenvalue weighted by atomic mass is 10.2. The van der Waals surface area contributed by atoms with Crippen LogP contribution in [0.2, 0.25) is 0 Å². The highest BCUT2D eigenvalue weighted by molar-refractivity contribution is 5.80. The molecule has 18 heavy (non-hydrogen) atoms. The molecule has 8 heteroatoms. The van der Waals surface area contributed by atoms with Gasteiger partial charge in [-0.1, -0.05) is 5.21 Å². The van der Waals surface area contributed by atoms with Crippen molar-refractivity contribution >= 4 is 11.9 Å². The second kappa shape index (κ2) is 5.58. The quantitative estimate of drug-likeness (QED) is 0.709. The minimum atomic E-state index is -0.991. The second-order valence-corrected chi connectivity index (χ2v) is 4.02. The molecule has 1 aromatic heterocycles. The predicted octanol–water partition coefficient (Wildman–Crippen LogP) is -0.842. The van der Waals surface area contributed by atoms with Crippen LogP contribution in [-0.4, -0.2) is 44.7 Å². The van der Waals surface area contributed by atoms with Gasteiger partial charge in [-0.3, -0.25) is 9.59 Å². The van der Waals surface area contributed by atoms with Crippen LogP contribution in [0.4, 0.5) is 0 Å². The fourth-order valence-corrected chi connectivity index (χ4v) is 1.71. The standard InChI is InChI=1S/C10H14N4O4/c15-9(16)6-14-5-7(12-13-14)4-11-10(17)8-2-1-3-18-8/h5,8H,1-4,6H2,(H,11,17)(H,15,16)/t8-/m0/s1. The molecule has 1 aliphatic heterocycles. The third-order valence-electron chi connectivity index (χ3n) is 2.55. The molecule has 0 radical (unpaired) electrons. The Kier molecular flexibility index (Phi) is 3.88. The number of aromatic nitrogens is 3. The maximum atomic E-state index is 11.6. The summed E-state index contributed by atoms with van der Waals surface area (Å²) < 4.78 is 6.43. The van der Waals surface area contributed by atoms with Gasteiger partial charge in [0.05, 0.1) is 12.7 Å². The van der Waals surface area contributed by atoms with Crippen molar-refractivity contribution in [1.82, 2.24) is 20.3 Å². The number of nitrogens with one attached hydrogen (secondary N) is 1. The first kappa shape index (κ1) is 12.5. The van der Waals surface area contributed by atoms with Gasteiger partial charge in [0.2, 0.25) is 5.91 Å². The second-order valence-electron chi connectivity index (χ2n) is 4.02. The SMILES string of the molecule is O=C(O)Cn1cc(CNC(=O)[C@@H]2CCCO2)nn1. The number of nitrogens with zero attached hydrogens (tertiary/aromatic N) is 3. The molecule has 1 aromatic rings. The Labute approximate surface area is 103 Å². The Morgan fingerprint density at radius 3 is 3.11 bits per heavy atom. The fourth-order valence-electron chi connectivity index (χ4n) is 1.71. The Morgan fingerprint density at radius 2 is 2.44 bits per heavy atom. The van der Waals surface area contributed by atoms with E-state index in [4.69, 9.17) is 9.84 Å². The zero-order valence-electron chi connectivity index (χ0n) is 9.70. The summed E-state index contributed by atoms with van der Waals surface area (Å²) in [4.78, 5) is 22.1. The van der Waals surface area contributed by atoms with Crippen molar-refractivity contribution in [1.29, 1.82) is 0 Å². The monoisotopic (exact) mass is 254 g/mol. The van der Waals surface area contributed by atoms with Gasteiger partial charge in [0, 0.05) is 6.61 Å². The van der Waals surface area contributed by atoms with Gasteiger partial charge in [-0.15, -0.1) is 5.10 Å². The molecule has 1 saturated heterocycles. The molecule has 98 valence electrons. The minimum absolute atomic E-state index is 0.166. The Balaban J connectivity index is 1.80. The number of hydrogen-bond acceptors (Lipinski definition) is 5. The number of carbonyl (C=O) groups is 2. The van der Waals surface area contributed by atoms with Crippen LogP contribution in [0, 0.1) is 0 Å². The van der Waals surface area contributed by atoms with Crippen LogP contribution in [0.25, 0.3) is 0 Å². The van der Waals surface area contributed by atoms with Crippen molar-refractivity contribution in [2.24, 2.45) is 0 Å². The largest absolute Gasteiger partial charge is 0.480 e. The molecular formula is C10H14N4O4. The number of carboxylic acids is 1. The number of rotatable bonds is 5. The van der Waals surface area contributed by atoms with E-state index in [-0.39, 0.29) is 25.1 Å². The van der Waals surface area contributed by atoms with E-state index in [1.54, 1.807) is 0 Å². The normalized spacial score (nSPS) is 18.8. The van der Waals surface area contributed by atoms with Crippen LogP contribution in [0.1, 0.15) is 18.5 Å². The molecule has 0 unspecified atom stereocenters. The number of amides is 1. The maximum absolute atomic E-state index is 11.6. The van der Waals surface area contributed by atoms with E-state index in [0.717, 1.165) is 12.8 Å². The van der Waals surface area contributed by atoms with Gasteiger partial charge in [-0.25, -0.2) is 4.68 Å². The third kappa shape index (κ3) is 3.27. The number of carboxylic acid groups (broad SMARTS) is 1. The summed E-state index contributed by atoms with van der Waals surface area (Å²) in [7, 11) is 0. The van der Waals surface area contributed by atoms with Crippen LogP contribution >= 0.6 is 0 Å². The Bertz CT molecular complexity index is 439. The molecule has 2 rings (SSSR count). The lowest BCUT2D eigenvalue weighted by Crippen LogP contribution is -2.33. The highest BCUT2D eigenvalue weighted by Gasteiger charge is 2.23. The number of carbonyl (C=O) groups excluding carboxylic acids is 1. The first-order valence-electron chi connectivity index (χ1n) is 5.65. The molecule has 0 spiro atoms. The highest BCUT2D eigenvalue weighted by atomic mass is 16.5. The summed E-state index contributed by atoms with van der Waals surface area (Å²) in [6, 6.07) is 0. The molecule has 8 nitrogen and oxygen atoms in total. The molecule has 2 N–H and O–H groups in total. The van der Waals surface area contributed by atoms with Crippen LogP contribution in [0.5, 0.6) is 0 Å². The van der Waals surface area contributed by atoms with E-state index in [0.29, 0.717) is 12.3 Å². The van der Waals surface area contributed by atoms with E-state index >= 15 is 0 Å². The van der Waals surface area contributed by atoms with E-state index in [9.17, 15) is 9.59 Å². The van der Waals surface area contributed by atoms with Crippen LogP contribution < -0.4 is 5.32 Å². The fraction of sp³-hybridized carbons (Fsp3) is 0.600. The van der Waals surface area contributed by atoms with Crippen molar-refractivity contribution in [2.75, 3.05) is 6.61 Å². The molecule has 1 atom stereocenters. The van der Waals surface area contributed by atoms with E-state index in [1.807, 2.05) is 0 Å². The lowest BCUT2D eigenvalue weighted by Gasteiger charge is -2.08. The summed E-state index contributed by atoms with van der Waals surface area (Å²) in [5, 5.41) is 18.6. The van der Waals surface area contributed by atoms with E-state index in [2.05, 4.69) is 15.6 Å². The molecule has 0 aliphatic carbocycles. The summed E-state index contributed by atoms with van der Waals surface area (Å²) in [5.74, 6) is -1.16. The first-order chi connectivity index (χ1) is 8.65. The Morgan fingerprint density at radius 1 is 1.61 bits per heavy atom. The van der Waals surface area contributed by atoms with Gasteiger partial charge in [0.1, 0.15) is 18.3 Å². The van der Waals surface area contributed by atoms with Crippen molar-refractivity contribution in [2.45, 2.75) is 32.0 Å². The van der Waals surface area contributed by atoms with Gasteiger partial charge in [-0.05, 0) is 12.8 Å². The van der Waals surface area contributed by atoms with Crippen molar-refractivity contribution in [3.63, 3.8) is 0 Å². The summed E-state index contributed by atoms with van der Waals surface area (Å²) in [6.07, 6.45) is 2.74. The lowest BCUT2D eigenvalue weighted by molar-refractivity contribution is -0.138. The molecule has 2 heterocycles. The average molecular weight is 254 g/mol. The van der Waals surface area contributed by atoms with E-state index in [1.165, 1.54) is 10.9 Å². The van der Waals surface area contributed by atoms with Gasteiger partial charge >= 0.3 is 5.97 Å². The molecular weight excluding hydrogens is 240 g/mol. The molecule has 0 aromatic carbocycles. The first-order valence-corrected chi connectivity index (χ1v) is 5.65. The topological polar surface area (TPSA) is 106 Å². The zero-order valence-corrected chi connectivity index (χ0v) is 9.70. The van der Waals surface area contributed by atoms with E-state index < -0.39 is 5.97 Å². The van der Waals surface area contributed by atoms with Crippen LogP contribution in [0.15, 0.2) is 6.20 Å². The van der Waals surface area contributed by atoms with Gasteiger partial charge in [-0.2, -0.15) is 0 Å². The average Bonchev–Trinajstić information content (AvgIpc) is 2.95. The number of hydrogen-bond donors (Lipinski definition) is 2. The van der Waals surface area contributed by atoms with Crippen molar-refractivity contribution < 1.29 is 19.4 Å². The molecule has 1 fully saturated rings. The molecule has 1 aliphatic rings. The third-order valence-corrected chi connectivity index (χ3v) is 2.55. The van der Waals surface area contributed by atoms with Crippen molar-refractivity contribution in [3.8, 4) is 0 Å². The smallest absolute Gasteiger partial charge is 0.325 e. The van der Waals surface area contributed by atoms with Gasteiger partial charge in [0.15, 0.2) is 0 Å². The Hall–Kier alpha value is -1.96. The predicted molar refractivity (Wildman–Crippen MR) is 58.5 cm³/mol. The number of aliphatic carboxylic acids is 1. The van der Waals surface area contributed by atoms with Crippen LogP contribution in [-0.2, 0) is 27.4 Å². The minimum Gasteiger partial charge on any atom is -0.480 e. The molecule has 0 bridgehead atoms.